The Morgan fingerprint density at radius 3 is 2.30 bits per heavy atom. The van der Waals surface area contributed by atoms with E-state index in [1.807, 2.05) is 6.92 Å². The fourth-order valence-corrected chi connectivity index (χ4v) is 4.48. The first-order valence-electron chi connectivity index (χ1n) is 9.30. The highest BCUT2D eigenvalue weighted by molar-refractivity contribution is 7.89. The number of nitrogens with one attached hydrogen (secondary N) is 2. The summed E-state index contributed by atoms with van der Waals surface area (Å²) < 4.78 is 30.0. The average molecular weight is 447 g/mol. The van der Waals surface area contributed by atoms with E-state index in [1.54, 1.807) is 61.1 Å². The number of carbonyl (C=O) groups excluding carboxylic acids is 1. The number of hydrogen-bond acceptors (Lipinski definition) is 4. The predicted octanol–water partition coefficient (Wildman–Crippen LogP) is 3.74. The van der Waals surface area contributed by atoms with Crippen molar-refractivity contribution in [1.29, 1.82) is 0 Å². The molecule has 0 saturated heterocycles. The number of sulfonamides is 1. The number of aryl methyl sites for hydroxylation is 2. The van der Waals surface area contributed by atoms with Crippen LogP contribution in [0.15, 0.2) is 59.5 Å². The molecule has 0 radical (unpaired) electrons. The number of aromatic nitrogens is 2. The lowest BCUT2D eigenvalue weighted by molar-refractivity contribution is -0.116. The van der Waals surface area contributed by atoms with Gasteiger partial charge in [-0.05, 0) is 43.7 Å². The Labute approximate surface area is 181 Å². The molecule has 0 bridgehead atoms. The van der Waals surface area contributed by atoms with E-state index in [2.05, 4.69) is 15.1 Å². The third kappa shape index (κ3) is 5.08. The first kappa shape index (κ1) is 22.0. The molecule has 7 nitrogen and oxygen atoms in total. The number of halogens is 1. The zero-order valence-electron chi connectivity index (χ0n) is 16.9. The molecule has 0 aliphatic heterocycles. The highest BCUT2D eigenvalue weighted by atomic mass is 35.5. The first-order valence-corrected chi connectivity index (χ1v) is 11.2. The van der Waals surface area contributed by atoms with Gasteiger partial charge >= 0.3 is 0 Å². The van der Waals surface area contributed by atoms with Gasteiger partial charge in [0.25, 0.3) is 0 Å². The largest absolute Gasteiger partial charge is 0.323 e. The zero-order valence-corrected chi connectivity index (χ0v) is 18.5. The number of carbonyl (C=O) groups is 1. The topological polar surface area (TPSA) is 93.1 Å². The molecule has 158 valence electrons. The Balaban J connectivity index is 1.86. The summed E-state index contributed by atoms with van der Waals surface area (Å²) in [6.07, 6.45) is -0.0958. The first-order chi connectivity index (χ1) is 14.2. The fraction of sp³-hybridized carbons (Fsp3) is 0.238. The summed E-state index contributed by atoms with van der Waals surface area (Å²) in [5.74, 6) is -0.329. The summed E-state index contributed by atoms with van der Waals surface area (Å²) in [5.41, 5.74) is 2.77. The Kier molecular flexibility index (Phi) is 6.60. The van der Waals surface area contributed by atoms with Gasteiger partial charge in [-0.1, -0.05) is 41.9 Å². The van der Waals surface area contributed by atoms with Crippen LogP contribution in [0.4, 0.5) is 5.69 Å². The molecule has 0 fully saturated rings. The van der Waals surface area contributed by atoms with Crippen LogP contribution in [0.2, 0.25) is 5.02 Å². The number of benzene rings is 2. The molecular weight excluding hydrogens is 424 g/mol. The molecule has 3 rings (SSSR count). The second-order valence-electron chi connectivity index (χ2n) is 6.96. The SMILES string of the molecule is Cc1nn(C)c(C)c1NC(=O)CC(NS(=O)(=O)c1ccccc1)c1ccc(Cl)cc1. The number of rotatable bonds is 7. The van der Waals surface area contributed by atoms with Gasteiger partial charge in [-0.2, -0.15) is 5.10 Å². The minimum Gasteiger partial charge on any atom is -0.323 e. The van der Waals surface area contributed by atoms with E-state index in [0.29, 0.717) is 22.0 Å². The van der Waals surface area contributed by atoms with E-state index in [4.69, 9.17) is 11.6 Å². The van der Waals surface area contributed by atoms with Gasteiger partial charge in [-0.15, -0.1) is 0 Å². The molecule has 1 aromatic heterocycles. The molecule has 9 heteroatoms. The van der Waals surface area contributed by atoms with Crippen LogP contribution in [0.25, 0.3) is 0 Å². The van der Waals surface area contributed by atoms with Crippen molar-refractivity contribution in [3.8, 4) is 0 Å². The van der Waals surface area contributed by atoms with Crippen LogP contribution in [-0.2, 0) is 21.9 Å². The van der Waals surface area contributed by atoms with Gasteiger partial charge in [0.15, 0.2) is 0 Å². The monoisotopic (exact) mass is 446 g/mol. The Morgan fingerprint density at radius 2 is 1.73 bits per heavy atom. The third-order valence-corrected chi connectivity index (χ3v) is 6.53. The van der Waals surface area contributed by atoms with Crippen LogP contribution >= 0.6 is 11.6 Å². The minimum atomic E-state index is -3.83. The molecule has 1 heterocycles. The zero-order chi connectivity index (χ0) is 21.9. The van der Waals surface area contributed by atoms with Crippen LogP contribution in [0.3, 0.4) is 0 Å². The van der Waals surface area contributed by atoms with E-state index < -0.39 is 16.1 Å². The van der Waals surface area contributed by atoms with E-state index in [9.17, 15) is 13.2 Å². The van der Waals surface area contributed by atoms with E-state index >= 15 is 0 Å². The summed E-state index contributed by atoms with van der Waals surface area (Å²) in [7, 11) is -2.03. The van der Waals surface area contributed by atoms with Gasteiger partial charge < -0.3 is 5.32 Å². The van der Waals surface area contributed by atoms with Crippen molar-refractivity contribution < 1.29 is 13.2 Å². The lowest BCUT2D eigenvalue weighted by atomic mass is 10.0. The van der Waals surface area contributed by atoms with Crippen LogP contribution in [0.5, 0.6) is 0 Å². The van der Waals surface area contributed by atoms with Crippen molar-refractivity contribution in [2.75, 3.05) is 5.32 Å². The molecule has 30 heavy (non-hydrogen) atoms. The van der Waals surface area contributed by atoms with Crippen LogP contribution in [-0.4, -0.2) is 24.1 Å². The highest BCUT2D eigenvalue weighted by Crippen LogP contribution is 2.24. The van der Waals surface area contributed by atoms with Gasteiger partial charge in [0, 0.05) is 18.5 Å². The lowest BCUT2D eigenvalue weighted by Crippen LogP contribution is -2.31. The second kappa shape index (κ2) is 8.99. The van der Waals surface area contributed by atoms with Crippen molar-refractivity contribution in [1.82, 2.24) is 14.5 Å². The van der Waals surface area contributed by atoms with Crippen LogP contribution in [0, 0.1) is 13.8 Å². The Bertz CT molecular complexity index is 1140. The molecular formula is C21H23ClN4O3S. The maximum absolute atomic E-state index is 12.9. The molecule has 2 aromatic carbocycles. The van der Waals surface area contributed by atoms with Crippen LogP contribution < -0.4 is 10.0 Å². The van der Waals surface area contributed by atoms with Gasteiger partial charge in [-0.3, -0.25) is 9.48 Å². The van der Waals surface area contributed by atoms with Gasteiger partial charge in [0.05, 0.1) is 28.0 Å². The molecule has 0 saturated carbocycles. The molecule has 0 spiro atoms. The third-order valence-electron chi connectivity index (χ3n) is 4.79. The summed E-state index contributed by atoms with van der Waals surface area (Å²) in [6.45, 7) is 3.65. The summed E-state index contributed by atoms with van der Waals surface area (Å²) in [4.78, 5) is 12.9. The van der Waals surface area contributed by atoms with E-state index in [0.717, 1.165) is 5.69 Å². The molecule has 1 atom stereocenters. The summed E-state index contributed by atoms with van der Waals surface area (Å²) in [5, 5.41) is 7.66. The van der Waals surface area contributed by atoms with Crippen molar-refractivity contribution in [2.24, 2.45) is 7.05 Å². The quantitative estimate of drug-likeness (QED) is 0.578. The van der Waals surface area contributed by atoms with Crippen molar-refractivity contribution >= 4 is 33.2 Å². The lowest BCUT2D eigenvalue weighted by Gasteiger charge is -2.19. The van der Waals surface area contributed by atoms with E-state index in [-0.39, 0.29) is 17.2 Å². The second-order valence-corrected chi connectivity index (χ2v) is 9.11. The maximum atomic E-state index is 12.9. The maximum Gasteiger partial charge on any atom is 0.241 e. The Hall–Kier alpha value is -2.68. The minimum absolute atomic E-state index is 0.0958. The van der Waals surface area contributed by atoms with Gasteiger partial charge in [-0.25, -0.2) is 13.1 Å². The number of amides is 1. The standard InChI is InChI=1S/C21H23ClN4O3S/c1-14-21(15(2)26(3)24-14)23-20(27)13-19(16-9-11-17(22)12-10-16)25-30(28,29)18-7-5-4-6-8-18/h4-12,19,25H,13H2,1-3H3,(H,23,27). The van der Waals surface area contributed by atoms with E-state index in [1.165, 1.54) is 12.1 Å². The van der Waals surface area contributed by atoms with Crippen LogP contribution in [0.1, 0.15) is 29.4 Å². The number of anilines is 1. The van der Waals surface area contributed by atoms with Crippen molar-refractivity contribution in [2.45, 2.75) is 31.2 Å². The van der Waals surface area contributed by atoms with Crippen molar-refractivity contribution in [3.63, 3.8) is 0 Å². The average Bonchev–Trinajstić information content (AvgIpc) is 2.94. The predicted molar refractivity (Wildman–Crippen MR) is 117 cm³/mol. The summed E-state index contributed by atoms with van der Waals surface area (Å²) in [6, 6.07) is 14.0. The number of nitrogens with zero attached hydrogens (tertiary/aromatic N) is 2. The smallest absolute Gasteiger partial charge is 0.241 e. The molecule has 2 N–H and O–H groups in total. The molecule has 3 aromatic rings. The number of hydrogen-bond donors (Lipinski definition) is 2. The molecule has 0 aliphatic carbocycles. The van der Waals surface area contributed by atoms with Crippen molar-refractivity contribution in [3.05, 3.63) is 76.6 Å². The molecule has 1 amide bonds. The fourth-order valence-electron chi connectivity index (χ4n) is 3.11. The molecule has 0 aliphatic rings. The normalized spacial score (nSPS) is 12.5. The highest BCUT2D eigenvalue weighted by Gasteiger charge is 2.24. The van der Waals surface area contributed by atoms with Gasteiger partial charge in [0.1, 0.15) is 0 Å². The Morgan fingerprint density at radius 1 is 1.10 bits per heavy atom. The molecule has 1 unspecified atom stereocenters. The summed E-state index contributed by atoms with van der Waals surface area (Å²) >= 11 is 5.97. The van der Waals surface area contributed by atoms with Gasteiger partial charge in [0.2, 0.25) is 15.9 Å².